The Hall–Kier alpha value is -1.09. The van der Waals surface area contributed by atoms with Gasteiger partial charge in [0.25, 0.3) is 0 Å². The summed E-state index contributed by atoms with van der Waals surface area (Å²) < 4.78 is 22.6. The van der Waals surface area contributed by atoms with Crippen molar-refractivity contribution < 1.29 is 13.2 Å². The predicted octanol–water partition coefficient (Wildman–Crippen LogP) is -0.0643. The van der Waals surface area contributed by atoms with E-state index in [9.17, 15) is 13.2 Å². The quantitative estimate of drug-likeness (QED) is 0.679. The van der Waals surface area contributed by atoms with Gasteiger partial charge in [0, 0.05) is 13.1 Å². The largest absolute Gasteiger partial charge is 0.340 e. The maximum atomic E-state index is 12.0. The van der Waals surface area contributed by atoms with Gasteiger partial charge in [-0.3, -0.25) is 4.79 Å². The van der Waals surface area contributed by atoms with Crippen molar-refractivity contribution in [2.45, 2.75) is 25.3 Å². The van der Waals surface area contributed by atoms with Crippen LogP contribution in [0.5, 0.6) is 0 Å². The molecular formula is C10H14N2O3S. The minimum absolute atomic E-state index is 0.0384. The van der Waals surface area contributed by atoms with Crippen LogP contribution in [0.3, 0.4) is 0 Å². The number of carbonyl (C=O) groups is 1. The van der Waals surface area contributed by atoms with E-state index in [1.54, 1.807) is 7.05 Å². The molecule has 0 radical (unpaired) electrons. The molecule has 2 rings (SSSR count). The maximum Gasteiger partial charge on any atom is 0.243 e. The van der Waals surface area contributed by atoms with Gasteiger partial charge in [-0.1, -0.05) is 0 Å². The number of carbonyl (C=O) groups excluding carboxylic acids is 1. The third kappa shape index (κ3) is 1.80. The lowest BCUT2D eigenvalue weighted by Crippen LogP contribution is -2.41. The van der Waals surface area contributed by atoms with Gasteiger partial charge in [-0.15, -0.1) is 0 Å². The van der Waals surface area contributed by atoms with E-state index in [0.29, 0.717) is 19.3 Å². The molecule has 0 aromatic rings. The summed E-state index contributed by atoms with van der Waals surface area (Å²) in [6.07, 6.45) is 1.70. The van der Waals surface area contributed by atoms with Crippen LogP contribution in [-0.2, 0) is 14.6 Å². The molecule has 1 aliphatic heterocycles. The van der Waals surface area contributed by atoms with Crippen molar-refractivity contribution in [2.75, 3.05) is 18.6 Å². The second-order valence-corrected chi connectivity index (χ2v) is 6.90. The topological polar surface area (TPSA) is 78.2 Å². The molecule has 1 aliphatic carbocycles. The standard InChI is InChI=1S/C10H14N2O3S/c1-12(8-2-5-16(14,15)6-8)9(13)10(7-11)3-4-10/h8H,2-6H2,1H3. The Morgan fingerprint density at radius 3 is 2.50 bits per heavy atom. The first kappa shape index (κ1) is 11.4. The smallest absolute Gasteiger partial charge is 0.243 e. The third-order valence-corrected chi connectivity index (χ3v) is 5.20. The molecule has 88 valence electrons. The van der Waals surface area contributed by atoms with Crippen LogP contribution in [0.1, 0.15) is 19.3 Å². The average Bonchev–Trinajstić information content (AvgIpc) is 2.96. The molecule has 0 spiro atoms. The fraction of sp³-hybridized carbons (Fsp3) is 0.800. The van der Waals surface area contributed by atoms with Gasteiger partial charge in [0.2, 0.25) is 5.91 Å². The fourth-order valence-electron chi connectivity index (χ4n) is 2.08. The van der Waals surface area contributed by atoms with Gasteiger partial charge in [-0.2, -0.15) is 5.26 Å². The highest BCUT2D eigenvalue weighted by atomic mass is 32.2. The molecule has 5 nitrogen and oxygen atoms in total. The molecule has 1 heterocycles. The van der Waals surface area contributed by atoms with Crippen LogP contribution in [0.4, 0.5) is 0 Å². The third-order valence-electron chi connectivity index (χ3n) is 3.45. The number of nitrogens with zero attached hydrogens (tertiary/aromatic N) is 2. The molecule has 0 aromatic heterocycles. The number of nitriles is 1. The Balaban J connectivity index is 2.07. The number of rotatable bonds is 2. The molecule has 1 saturated carbocycles. The van der Waals surface area contributed by atoms with E-state index in [-0.39, 0.29) is 23.5 Å². The van der Waals surface area contributed by atoms with Crippen molar-refractivity contribution in [2.24, 2.45) is 5.41 Å². The van der Waals surface area contributed by atoms with Crippen molar-refractivity contribution in [1.82, 2.24) is 4.90 Å². The van der Waals surface area contributed by atoms with E-state index in [1.807, 2.05) is 6.07 Å². The van der Waals surface area contributed by atoms with Crippen LogP contribution in [0.2, 0.25) is 0 Å². The summed E-state index contributed by atoms with van der Waals surface area (Å²) in [5, 5.41) is 8.91. The molecule has 1 amide bonds. The summed E-state index contributed by atoms with van der Waals surface area (Å²) in [6, 6.07) is 1.79. The van der Waals surface area contributed by atoms with Crippen LogP contribution in [0.25, 0.3) is 0 Å². The summed E-state index contributed by atoms with van der Waals surface area (Å²) >= 11 is 0. The molecule has 1 unspecified atom stereocenters. The van der Waals surface area contributed by atoms with Crippen LogP contribution in [0, 0.1) is 16.7 Å². The number of amides is 1. The second kappa shape index (κ2) is 3.45. The van der Waals surface area contributed by atoms with E-state index >= 15 is 0 Å². The second-order valence-electron chi connectivity index (χ2n) is 4.67. The Morgan fingerprint density at radius 2 is 2.12 bits per heavy atom. The Kier molecular flexibility index (Phi) is 2.46. The van der Waals surface area contributed by atoms with Gasteiger partial charge in [0.05, 0.1) is 17.6 Å². The van der Waals surface area contributed by atoms with Crippen LogP contribution >= 0.6 is 0 Å². The van der Waals surface area contributed by atoms with Crippen molar-refractivity contribution in [3.63, 3.8) is 0 Å². The van der Waals surface area contributed by atoms with Crippen LogP contribution in [-0.4, -0.2) is 43.8 Å². The van der Waals surface area contributed by atoms with Crippen LogP contribution in [0.15, 0.2) is 0 Å². The summed E-state index contributed by atoms with van der Waals surface area (Å²) in [6.45, 7) is 0. The van der Waals surface area contributed by atoms with Crippen LogP contribution < -0.4 is 0 Å². The molecule has 6 heteroatoms. The summed E-state index contributed by atoms with van der Waals surface area (Å²) in [7, 11) is -1.38. The summed E-state index contributed by atoms with van der Waals surface area (Å²) in [5.74, 6) is -0.0249. The molecular weight excluding hydrogens is 228 g/mol. The van der Waals surface area contributed by atoms with Crippen molar-refractivity contribution in [3.05, 3.63) is 0 Å². The zero-order valence-electron chi connectivity index (χ0n) is 9.14. The first-order valence-electron chi connectivity index (χ1n) is 5.29. The minimum atomic E-state index is -2.98. The van der Waals surface area contributed by atoms with E-state index in [2.05, 4.69) is 0 Å². The van der Waals surface area contributed by atoms with Gasteiger partial charge in [0.15, 0.2) is 9.84 Å². The predicted molar refractivity (Wildman–Crippen MR) is 57.1 cm³/mol. The normalized spacial score (nSPS) is 29.4. The first-order chi connectivity index (χ1) is 7.40. The van der Waals surface area contributed by atoms with E-state index in [1.165, 1.54) is 4.90 Å². The van der Waals surface area contributed by atoms with E-state index in [0.717, 1.165) is 0 Å². The zero-order chi connectivity index (χ0) is 12.0. The van der Waals surface area contributed by atoms with Gasteiger partial charge in [-0.05, 0) is 19.3 Å². The average molecular weight is 242 g/mol. The molecule has 0 bridgehead atoms. The van der Waals surface area contributed by atoms with Gasteiger partial charge >= 0.3 is 0 Å². The zero-order valence-corrected chi connectivity index (χ0v) is 9.96. The molecule has 2 fully saturated rings. The number of hydrogen-bond donors (Lipinski definition) is 0. The molecule has 1 atom stereocenters. The lowest BCUT2D eigenvalue weighted by atomic mass is 10.1. The summed E-state index contributed by atoms with van der Waals surface area (Å²) in [5.41, 5.74) is -0.846. The van der Waals surface area contributed by atoms with Gasteiger partial charge < -0.3 is 4.90 Å². The van der Waals surface area contributed by atoms with Gasteiger partial charge in [0.1, 0.15) is 5.41 Å². The number of hydrogen-bond acceptors (Lipinski definition) is 4. The monoisotopic (exact) mass is 242 g/mol. The SMILES string of the molecule is CN(C(=O)C1(C#N)CC1)C1CCS(=O)(=O)C1. The Bertz CT molecular complexity index is 459. The maximum absolute atomic E-state index is 12.0. The van der Waals surface area contributed by atoms with Gasteiger partial charge in [-0.25, -0.2) is 8.42 Å². The highest BCUT2D eigenvalue weighted by Gasteiger charge is 2.53. The molecule has 16 heavy (non-hydrogen) atoms. The first-order valence-corrected chi connectivity index (χ1v) is 7.11. The highest BCUT2D eigenvalue weighted by molar-refractivity contribution is 7.91. The van der Waals surface area contributed by atoms with E-state index in [4.69, 9.17) is 5.26 Å². The van der Waals surface area contributed by atoms with Crippen molar-refractivity contribution in [1.29, 1.82) is 5.26 Å². The lowest BCUT2D eigenvalue weighted by Gasteiger charge is -2.25. The van der Waals surface area contributed by atoms with Crippen molar-refractivity contribution in [3.8, 4) is 6.07 Å². The van der Waals surface area contributed by atoms with E-state index < -0.39 is 15.3 Å². The molecule has 0 aromatic carbocycles. The molecule has 0 N–H and O–H groups in total. The lowest BCUT2D eigenvalue weighted by molar-refractivity contribution is -0.135. The number of sulfone groups is 1. The Morgan fingerprint density at radius 1 is 1.50 bits per heavy atom. The minimum Gasteiger partial charge on any atom is -0.340 e. The fourth-order valence-corrected chi connectivity index (χ4v) is 3.86. The molecule has 1 saturated heterocycles. The Labute approximate surface area is 95.0 Å². The molecule has 2 aliphatic rings. The summed E-state index contributed by atoms with van der Waals surface area (Å²) in [4.78, 5) is 13.4. The highest BCUT2D eigenvalue weighted by Crippen LogP contribution is 2.46. The van der Waals surface area contributed by atoms with Crippen molar-refractivity contribution >= 4 is 15.7 Å².